The summed E-state index contributed by atoms with van der Waals surface area (Å²) in [5.74, 6) is 2.04. The number of halogens is 1. The van der Waals surface area contributed by atoms with Crippen LogP contribution >= 0.6 is 11.6 Å². The van der Waals surface area contributed by atoms with Crippen LogP contribution in [0.15, 0.2) is 22.7 Å². The topological polar surface area (TPSA) is 122 Å². The minimum absolute atomic E-state index is 0.0555. The van der Waals surface area contributed by atoms with Crippen molar-refractivity contribution in [3.63, 3.8) is 0 Å². The zero-order chi connectivity index (χ0) is 27.9. The van der Waals surface area contributed by atoms with Crippen LogP contribution in [0, 0.1) is 11.3 Å². The molecule has 0 saturated heterocycles. The maximum atomic E-state index is 10.7. The first kappa shape index (κ1) is 30.1. The van der Waals surface area contributed by atoms with Crippen LogP contribution in [0.2, 0.25) is 5.02 Å². The fraction of sp³-hybridized carbons (Fsp3) is 0.621. The van der Waals surface area contributed by atoms with Crippen molar-refractivity contribution in [3.8, 4) is 0 Å². The van der Waals surface area contributed by atoms with E-state index in [-0.39, 0.29) is 24.3 Å². The number of aliphatic carboxylic acids is 1. The second-order valence-corrected chi connectivity index (χ2v) is 11.8. The molecule has 3 N–H and O–H groups in total. The van der Waals surface area contributed by atoms with Gasteiger partial charge in [0.25, 0.3) is 0 Å². The molecule has 1 amide bonds. The number of carboxylic acids is 1. The first-order valence-corrected chi connectivity index (χ1v) is 13.8. The molecule has 4 rings (SSSR count). The van der Waals surface area contributed by atoms with Crippen molar-refractivity contribution >= 4 is 29.2 Å². The molecular weight excluding hydrogens is 508 g/mol. The van der Waals surface area contributed by atoms with E-state index < -0.39 is 5.97 Å². The number of aliphatic hydroxyl groups is 1. The van der Waals surface area contributed by atoms with E-state index in [9.17, 15) is 9.59 Å². The molecule has 2 aliphatic rings. The van der Waals surface area contributed by atoms with Crippen molar-refractivity contribution in [1.29, 1.82) is 0 Å². The molecule has 1 heterocycles. The number of rotatable bonds is 12. The SMILES string of the molecule is CC(=O)Nc1ccc(CO)cc1Cl.COCC(C)(C)CC1CC(c2onc(CCCC(=O)O)c2C2CC2)C1. The molecule has 0 atom stereocenters. The summed E-state index contributed by atoms with van der Waals surface area (Å²) in [5.41, 5.74) is 3.85. The Bertz CT molecular complexity index is 1090. The summed E-state index contributed by atoms with van der Waals surface area (Å²) >= 11 is 5.83. The van der Waals surface area contributed by atoms with Crippen LogP contribution in [0.25, 0.3) is 0 Å². The molecule has 9 heteroatoms. The lowest BCUT2D eigenvalue weighted by Crippen LogP contribution is -2.30. The number of aliphatic hydroxyl groups excluding tert-OH is 1. The molecule has 1 aromatic carbocycles. The molecule has 210 valence electrons. The molecule has 0 radical (unpaired) electrons. The number of hydrogen-bond donors (Lipinski definition) is 3. The molecular formula is C29H41ClN2O6. The first-order valence-electron chi connectivity index (χ1n) is 13.4. The van der Waals surface area contributed by atoms with Gasteiger partial charge in [0.05, 0.1) is 29.6 Å². The number of carboxylic acid groups (broad SMARTS) is 1. The van der Waals surface area contributed by atoms with Crippen LogP contribution in [0.4, 0.5) is 5.69 Å². The van der Waals surface area contributed by atoms with Crippen LogP contribution < -0.4 is 5.32 Å². The van der Waals surface area contributed by atoms with Gasteiger partial charge in [-0.2, -0.15) is 0 Å². The van der Waals surface area contributed by atoms with Crippen molar-refractivity contribution in [2.24, 2.45) is 11.3 Å². The molecule has 8 nitrogen and oxygen atoms in total. The van der Waals surface area contributed by atoms with Crippen molar-refractivity contribution in [1.82, 2.24) is 5.16 Å². The highest BCUT2D eigenvalue weighted by atomic mass is 35.5. The van der Waals surface area contributed by atoms with Crippen LogP contribution in [0.1, 0.15) is 100 Å². The fourth-order valence-electron chi connectivity index (χ4n) is 5.33. The monoisotopic (exact) mass is 548 g/mol. The highest BCUT2D eigenvalue weighted by molar-refractivity contribution is 6.33. The Hall–Kier alpha value is -2.42. The minimum atomic E-state index is -0.739. The van der Waals surface area contributed by atoms with E-state index in [1.165, 1.54) is 44.6 Å². The number of aromatic nitrogens is 1. The van der Waals surface area contributed by atoms with Crippen LogP contribution in [-0.4, -0.2) is 41.0 Å². The summed E-state index contributed by atoms with van der Waals surface area (Å²) in [5, 5.41) is 24.9. The molecule has 0 spiro atoms. The number of ether oxygens (including phenoxy) is 1. The summed E-state index contributed by atoms with van der Waals surface area (Å²) in [6, 6.07) is 4.99. The maximum Gasteiger partial charge on any atom is 0.303 e. The Labute approximate surface area is 230 Å². The number of benzene rings is 1. The Morgan fingerprint density at radius 3 is 2.50 bits per heavy atom. The van der Waals surface area contributed by atoms with Gasteiger partial charge in [0, 0.05) is 31.9 Å². The van der Waals surface area contributed by atoms with Crippen molar-refractivity contribution < 1.29 is 29.1 Å². The molecule has 0 aliphatic heterocycles. The minimum Gasteiger partial charge on any atom is -0.481 e. The third-order valence-corrected chi connectivity index (χ3v) is 7.44. The fourth-order valence-corrected chi connectivity index (χ4v) is 5.58. The van der Waals surface area contributed by atoms with Gasteiger partial charge in [-0.05, 0) is 79.9 Å². The average molecular weight is 549 g/mol. The Morgan fingerprint density at radius 2 is 1.95 bits per heavy atom. The van der Waals surface area contributed by atoms with E-state index >= 15 is 0 Å². The second kappa shape index (κ2) is 13.6. The van der Waals surface area contributed by atoms with Crippen molar-refractivity contribution in [3.05, 3.63) is 45.8 Å². The van der Waals surface area contributed by atoms with Gasteiger partial charge >= 0.3 is 5.97 Å². The number of nitrogens with one attached hydrogen (secondary N) is 1. The summed E-state index contributed by atoms with van der Waals surface area (Å²) in [7, 11) is 1.77. The summed E-state index contributed by atoms with van der Waals surface area (Å²) < 4.78 is 11.1. The highest BCUT2D eigenvalue weighted by Crippen LogP contribution is 2.52. The van der Waals surface area contributed by atoms with E-state index in [2.05, 4.69) is 24.3 Å². The highest BCUT2D eigenvalue weighted by Gasteiger charge is 2.41. The van der Waals surface area contributed by atoms with Crippen LogP contribution in [0.3, 0.4) is 0 Å². The second-order valence-electron chi connectivity index (χ2n) is 11.4. The van der Waals surface area contributed by atoms with Gasteiger partial charge in [0.1, 0.15) is 5.76 Å². The molecule has 0 unspecified atom stereocenters. The lowest BCUT2D eigenvalue weighted by atomic mass is 9.66. The zero-order valence-electron chi connectivity index (χ0n) is 22.9. The summed E-state index contributed by atoms with van der Waals surface area (Å²) in [6.45, 7) is 6.71. The van der Waals surface area contributed by atoms with E-state index in [4.69, 9.17) is 31.1 Å². The maximum absolute atomic E-state index is 10.7. The first-order chi connectivity index (χ1) is 18.0. The Balaban J connectivity index is 0.000000260. The smallest absolute Gasteiger partial charge is 0.303 e. The van der Waals surface area contributed by atoms with E-state index in [1.807, 2.05) is 0 Å². The molecule has 2 fully saturated rings. The number of amides is 1. The van der Waals surface area contributed by atoms with E-state index in [1.54, 1.807) is 25.3 Å². The predicted octanol–water partition coefficient (Wildman–Crippen LogP) is 6.31. The van der Waals surface area contributed by atoms with Gasteiger partial charge in [-0.3, -0.25) is 9.59 Å². The van der Waals surface area contributed by atoms with Crippen molar-refractivity contribution in [2.45, 2.75) is 90.6 Å². The molecule has 2 aliphatic carbocycles. The van der Waals surface area contributed by atoms with Crippen LogP contribution in [-0.2, 0) is 27.4 Å². The van der Waals surface area contributed by atoms with Gasteiger partial charge in [0.15, 0.2) is 0 Å². The Kier molecular flexibility index (Phi) is 10.8. The molecule has 2 aromatic rings. The number of aryl methyl sites for hydroxylation is 1. The van der Waals surface area contributed by atoms with Crippen molar-refractivity contribution in [2.75, 3.05) is 19.0 Å². The predicted molar refractivity (Wildman–Crippen MR) is 146 cm³/mol. The van der Waals surface area contributed by atoms with Gasteiger partial charge in [0.2, 0.25) is 5.91 Å². The number of nitrogens with zero attached hydrogens (tertiary/aromatic N) is 1. The van der Waals surface area contributed by atoms with Gasteiger partial charge in [-0.1, -0.05) is 36.7 Å². The van der Waals surface area contributed by atoms with Gasteiger partial charge < -0.3 is 24.8 Å². The number of carbonyl (C=O) groups excluding carboxylic acids is 1. The Morgan fingerprint density at radius 1 is 1.24 bits per heavy atom. The van der Waals surface area contributed by atoms with Gasteiger partial charge in [-0.25, -0.2) is 0 Å². The average Bonchev–Trinajstić information content (AvgIpc) is 3.57. The molecule has 1 aromatic heterocycles. The summed E-state index contributed by atoms with van der Waals surface area (Å²) in [4.78, 5) is 21.4. The third-order valence-electron chi connectivity index (χ3n) is 7.13. The number of carbonyl (C=O) groups is 2. The summed E-state index contributed by atoms with van der Waals surface area (Å²) in [6.07, 6.45) is 7.54. The standard InChI is InChI=1S/C20H31NO4.C9H10ClNO2/c1-20(2,12-24-3)11-13-9-15(10-13)19-18(14-7-8-14)16(21-25-19)5-4-6-17(22)23;1-6(13)11-9-3-2-7(5-12)4-8(9)10/h13-15H,4-12H2,1-3H3,(H,22,23);2-4,12H,5H2,1H3,(H,11,13). The largest absolute Gasteiger partial charge is 0.481 e. The molecule has 0 bridgehead atoms. The lowest BCUT2D eigenvalue weighted by Gasteiger charge is -2.39. The molecule has 38 heavy (non-hydrogen) atoms. The van der Waals surface area contributed by atoms with E-state index in [0.717, 1.165) is 36.0 Å². The lowest BCUT2D eigenvalue weighted by molar-refractivity contribution is -0.137. The zero-order valence-corrected chi connectivity index (χ0v) is 23.6. The quantitative estimate of drug-likeness (QED) is 0.284. The van der Waals surface area contributed by atoms with E-state index in [0.29, 0.717) is 29.0 Å². The number of hydrogen-bond acceptors (Lipinski definition) is 6. The van der Waals surface area contributed by atoms with Gasteiger partial charge in [-0.15, -0.1) is 0 Å². The molecule has 2 saturated carbocycles. The third kappa shape index (κ3) is 8.82. The normalized spacial score (nSPS) is 18.8. The number of anilines is 1. The van der Waals surface area contributed by atoms with Crippen LogP contribution in [0.5, 0.6) is 0 Å². The number of methoxy groups -OCH3 is 1.